The second-order valence-electron chi connectivity index (χ2n) is 5.43. The number of benzene rings is 2. The van der Waals surface area contributed by atoms with Crippen LogP contribution < -0.4 is 5.32 Å². The molecule has 1 aliphatic heterocycles. The number of piperazine rings is 1. The summed E-state index contributed by atoms with van der Waals surface area (Å²) in [6.07, 6.45) is 1.02. The van der Waals surface area contributed by atoms with E-state index in [1.165, 1.54) is 10.8 Å². The van der Waals surface area contributed by atoms with Crippen molar-refractivity contribution in [1.29, 1.82) is 0 Å². The molecule has 2 aromatic carbocycles. The number of hydrogen-bond donors (Lipinski definition) is 2. The zero-order valence-corrected chi connectivity index (χ0v) is 14.4. The van der Waals surface area contributed by atoms with E-state index in [-0.39, 0.29) is 24.8 Å². The maximum absolute atomic E-state index is 10.4. The number of phenols is 1. The molecule has 1 atom stereocenters. The van der Waals surface area contributed by atoms with Gasteiger partial charge in [-0.1, -0.05) is 37.3 Å². The number of nitrogens with zero attached hydrogens (tertiary/aromatic N) is 1. The Morgan fingerprint density at radius 2 is 1.77 bits per heavy atom. The van der Waals surface area contributed by atoms with Crippen molar-refractivity contribution in [2.75, 3.05) is 26.2 Å². The van der Waals surface area contributed by atoms with Crippen molar-refractivity contribution in [2.24, 2.45) is 0 Å². The SMILES string of the molecule is CC[C@@H](c1c(O)ccc2ccccc12)N1CCNCC1.Cl.Cl. The fourth-order valence-electron chi connectivity index (χ4n) is 3.27. The smallest absolute Gasteiger partial charge is 0.121 e. The van der Waals surface area contributed by atoms with E-state index in [0.29, 0.717) is 11.8 Å². The van der Waals surface area contributed by atoms with Gasteiger partial charge in [0.05, 0.1) is 0 Å². The lowest BCUT2D eigenvalue weighted by atomic mass is 9.94. The van der Waals surface area contributed by atoms with Crippen molar-refractivity contribution >= 4 is 35.6 Å². The molecule has 5 heteroatoms. The Hall–Kier alpha value is -1.00. The summed E-state index contributed by atoms with van der Waals surface area (Å²) < 4.78 is 0. The van der Waals surface area contributed by atoms with Gasteiger partial charge in [0, 0.05) is 37.8 Å². The van der Waals surface area contributed by atoms with Crippen LogP contribution in [-0.2, 0) is 0 Å². The minimum atomic E-state index is 0. The lowest BCUT2D eigenvalue weighted by molar-refractivity contribution is 0.168. The second kappa shape index (κ2) is 8.59. The molecule has 2 N–H and O–H groups in total. The van der Waals surface area contributed by atoms with Crippen molar-refractivity contribution in [3.8, 4) is 5.75 Å². The molecule has 1 aliphatic rings. The molecule has 1 fully saturated rings. The quantitative estimate of drug-likeness (QED) is 0.891. The highest BCUT2D eigenvalue weighted by atomic mass is 35.5. The third-order valence-electron chi connectivity index (χ3n) is 4.26. The average molecular weight is 343 g/mol. The fourth-order valence-corrected chi connectivity index (χ4v) is 3.27. The van der Waals surface area contributed by atoms with Crippen molar-refractivity contribution in [1.82, 2.24) is 10.2 Å². The maximum Gasteiger partial charge on any atom is 0.121 e. The third-order valence-corrected chi connectivity index (χ3v) is 4.26. The molecule has 0 unspecified atom stereocenters. The Bertz CT molecular complexity index is 600. The van der Waals surface area contributed by atoms with Gasteiger partial charge in [0.1, 0.15) is 5.75 Å². The van der Waals surface area contributed by atoms with E-state index in [1.807, 2.05) is 12.1 Å². The van der Waals surface area contributed by atoms with Crippen LogP contribution in [-0.4, -0.2) is 36.2 Å². The molecule has 2 aromatic rings. The van der Waals surface area contributed by atoms with E-state index in [1.54, 1.807) is 0 Å². The van der Waals surface area contributed by atoms with Crippen LogP contribution in [0, 0.1) is 0 Å². The van der Waals surface area contributed by atoms with E-state index in [0.717, 1.165) is 38.2 Å². The predicted molar refractivity (Wildman–Crippen MR) is 97.6 cm³/mol. The van der Waals surface area contributed by atoms with Gasteiger partial charge in [-0.05, 0) is 23.3 Å². The molecule has 0 aromatic heterocycles. The average Bonchev–Trinajstić information content (AvgIpc) is 2.51. The van der Waals surface area contributed by atoms with Crippen LogP contribution in [0.5, 0.6) is 5.75 Å². The summed E-state index contributed by atoms with van der Waals surface area (Å²) in [4.78, 5) is 2.48. The summed E-state index contributed by atoms with van der Waals surface area (Å²) in [7, 11) is 0. The summed E-state index contributed by atoms with van der Waals surface area (Å²) in [5.41, 5.74) is 1.09. The highest BCUT2D eigenvalue weighted by Crippen LogP contribution is 2.37. The molecule has 0 bridgehead atoms. The van der Waals surface area contributed by atoms with Gasteiger partial charge >= 0.3 is 0 Å². The molecule has 0 aliphatic carbocycles. The molecule has 22 heavy (non-hydrogen) atoms. The van der Waals surface area contributed by atoms with Crippen molar-refractivity contribution in [3.63, 3.8) is 0 Å². The molecule has 0 saturated carbocycles. The van der Waals surface area contributed by atoms with Gasteiger partial charge in [-0.3, -0.25) is 4.90 Å². The van der Waals surface area contributed by atoms with Gasteiger partial charge in [0.2, 0.25) is 0 Å². The molecule has 3 rings (SSSR count). The van der Waals surface area contributed by atoms with Crippen molar-refractivity contribution < 1.29 is 5.11 Å². The molecule has 1 heterocycles. The normalized spacial score (nSPS) is 16.6. The molecule has 0 radical (unpaired) electrons. The number of phenolic OH excluding ortho intramolecular Hbond substituents is 1. The Balaban J connectivity index is 0.00000121. The van der Waals surface area contributed by atoms with E-state index >= 15 is 0 Å². The molecule has 3 nitrogen and oxygen atoms in total. The Morgan fingerprint density at radius 3 is 2.45 bits per heavy atom. The number of hydrogen-bond acceptors (Lipinski definition) is 3. The molecule has 0 spiro atoms. The zero-order chi connectivity index (χ0) is 13.9. The zero-order valence-electron chi connectivity index (χ0n) is 12.8. The van der Waals surface area contributed by atoms with Crippen LogP contribution >= 0.6 is 24.8 Å². The predicted octanol–water partition coefficient (Wildman–Crippen LogP) is 3.75. The summed E-state index contributed by atoms with van der Waals surface area (Å²) >= 11 is 0. The van der Waals surface area contributed by atoms with E-state index in [4.69, 9.17) is 0 Å². The van der Waals surface area contributed by atoms with Crippen molar-refractivity contribution in [3.05, 3.63) is 42.0 Å². The van der Waals surface area contributed by atoms with Crippen LogP contribution in [0.2, 0.25) is 0 Å². The van der Waals surface area contributed by atoms with Gasteiger partial charge in [0.15, 0.2) is 0 Å². The summed E-state index contributed by atoms with van der Waals surface area (Å²) in [5, 5.41) is 16.2. The lowest BCUT2D eigenvalue weighted by Gasteiger charge is -2.35. The molecular weight excluding hydrogens is 319 g/mol. The third kappa shape index (κ3) is 3.66. The van der Waals surface area contributed by atoms with E-state index in [2.05, 4.69) is 41.4 Å². The van der Waals surface area contributed by atoms with E-state index < -0.39 is 0 Å². The van der Waals surface area contributed by atoms with Crippen LogP contribution in [0.4, 0.5) is 0 Å². The molecular formula is C17H24Cl2N2O. The monoisotopic (exact) mass is 342 g/mol. The number of halogens is 2. The van der Waals surface area contributed by atoms with Gasteiger partial charge in [-0.25, -0.2) is 0 Å². The van der Waals surface area contributed by atoms with Gasteiger partial charge in [-0.15, -0.1) is 24.8 Å². The molecule has 1 saturated heterocycles. The fraction of sp³-hybridized carbons (Fsp3) is 0.412. The highest BCUT2D eigenvalue weighted by Gasteiger charge is 2.24. The largest absolute Gasteiger partial charge is 0.508 e. The van der Waals surface area contributed by atoms with Crippen LogP contribution in [0.3, 0.4) is 0 Å². The standard InChI is InChI=1S/C17H22N2O.2ClH/c1-2-15(19-11-9-18-10-12-19)17-14-6-4-3-5-13(14)7-8-16(17)20;;/h3-8,15,18,20H,2,9-12H2,1H3;2*1H/t15-;;/m0../s1. The van der Waals surface area contributed by atoms with Gasteiger partial charge in [-0.2, -0.15) is 0 Å². The first-order valence-corrected chi connectivity index (χ1v) is 7.46. The Kier molecular flexibility index (Phi) is 7.43. The van der Waals surface area contributed by atoms with Gasteiger partial charge in [0.25, 0.3) is 0 Å². The van der Waals surface area contributed by atoms with Crippen LogP contribution in [0.15, 0.2) is 36.4 Å². The minimum absolute atomic E-state index is 0. The summed E-state index contributed by atoms with van der Waals surface area (Å²) in [6, 6.07) is 12.5. The number of nitrogens with one attached hydrogen (secondary N) is 1. The van der Waals surface area contributed by atoms with Crippen molar-refractivity contribution in [2.45, 2.75) is 19.4 Å². The number of aromatic hydroxyl groups is 1. The Labute approximate surface area is 144 Å². The highest BCUT2D eigenvalue weighted by molar-refractivity contribution is 5.88. The first kappa shape index (κ1) is 19.0. The first-order chi connectivity index (χ1) is 9.81. The minimum Gasteiger partial charge on any atom is -0.508 e. The second-order valence-corrected chi connectivity index (χ2v) is 5.43. The lowest BCUT2D eigenvalue weighted by Crippen LogP contribution is -2.45. The van der Waals surface area contributed by atoms with Crippen LogP contribution in [0.25, 0.3) is 10.8 Å². The maximum atomic E-state index is 10.4. The van der Waals surface area contributed by atoms with E-state index in [9.17, 15) is 5.11 Å². The van der Waals surface area contributed by atoms with Gasteiger partial charge < -0.3 is 10.4 Å². The van der Waals surface area contributed by atoms with Crippen LogP contribution in [0.1, 0.15) is 24.9 Å². The number of fused-ring (bicyclic) bond motifs is 1. The topological polar surface area (TPSA) is 35.5 Å². The first-order valence-electron chi connectivity index (χ1n) is 7.46. The summed E-state index contributed by atoms with van der Waals surface area (Å²) in [6.45, 7) is 6.35. The molecule has 122 valence electrons. The number of rotatable bonds is 3. The Morgan fingerprint density at radius 1 is 1.09 bits per heavy atom. The summed E-state index contributed by atoms with van der Waals surface area (Å²) in [5.74, 6) is 0.425. The molecule has 0 amide bonds.